The zero-order chi connectivity index (χ0) is 12.9. The predicted octanol–water partition coefficient (Wildman–Crippen LogP) is 0.994. The molecule has 1 unspecified atom stereocenters. The van der Waals surface area contributed by atoms with Gasteiger partial charge in [0.1, 0.15) is 5.54 Å². The Hall–Kier alpha value is -1.91. The Balaban J connectivity index is 2.64. The van der Waals surface area contributed by atoms with Gasteiger partial charge >= 0.3 is 5.97 Å². The van der Waals surface area contributed by atoms with Crippen molar-refractivity contribution in [3.05, 3.63) is 30.1 Å². The van der Waals surface area contributed by atoms with E-state index < -0.39 is 11.5 Å². The van der Waals surface area contributed by atoms with Crippen LogP contribution in [0.1, 0.15) is 26.0 Å². The molecule has 0 aromatic carbocycles. The van der Waals surface area contributed by atoms with Gasteiger partial charge in [-0.1, -0.05) is 13.0 Å². The van der Waals surface area contributed by atoms with Crippen molar-refractivity contribution in [1.82, 2.24) is 10.3 Å². The SMILES string of the molecule is CCC(C)(NC(=O)Cc1ccccn1)C(=O)O. The van der Waals surface area contributed by atoms with Crippen LogP contribution in [0.2, 0.25) is 0 Å². The highest BCUT2D eigenvalue weighted by Crippen LogP contribution is 2.09. The summed E-state index contributed by atoms with van der Waals surface area (Å²) < 4.78 is 0. The topological polar surface area (TPSA) is 79.3 Å². The number of nitrogens with one attached hydrogen (secondary N) is 1. The second kappa shape index (κ2) is 5.43. The van der Waals surface area contributed by atoms with Gasteiger partial charge in [-0.2, -0.15) is 0 Å². The Morgan fingerprint density at radius 1 is 1.47 bits per heavy atom. The Morgan fingerprint density at radius 2 is 2.18 bits per heavy atom. The lowest BCUT2D eigenvalue weighted by atomic mass is 9.99. The monoisotopic (exact) mass is 236 g/mol. The van der Waals surface area contributed by atoms with E-state index in [9.17, 15) is 9.59 Å². The van der Waals surface area contributed by atoms with Crippen LogP contribution in [0.3, 0.4) is 0 Å². The van der Waals surface area contributed by atoms with Gasteiger partial charge in [-0.25, -0.2) is 4.79 Å². The standard InChI is InChI=1S/C12H16N2O3/c1-3-12(2,11(16)17)14-10(15)8-9-6-4-5-7-13-9/h4-7H,3,8H2,1-2H3,(H,14,15)(H,16,17). The lowest BCUT2D eigenvalue weighted by molar-refractivity contribution is -0.146. The minimum Gasteiger partial charge on any atom is -0.480 e. The molecule has 5 nitrogen and oxygen atoms in total. The number of hydrogen-bond acceptors (Lipinski definition) is 3. The van der Waals surface area contributed by atoms with Gasteiger partial charge in [-0.3, -0.25) is 9.78 Å². The van der Waals surface area contributed by atoms with Crippen LogP contribution in [-0.4, -0.2) is 27.5 Å². The van der Waals surface area contributed by atoms with Gasteiger partial charge in [0.05, 0.1) is 6.42 Å². The van der Waals surface area contributed by atoms with E-state index >= 15 is 0 Å². The maximum atomic E-state index is 11.7. The molecule has 0 spiro atoms. The first-order valence-corrected chi connectivity index (χ1v) is 5.42. The van der Waals surface area contributed by atoms with E-state index in [0.29, 0.717) is 12.1 Å². The Kier molecular flexibility index (Phi) is 4.20. The van der Waals surface area contributed by atoms with Crippen molar-refractivity contribution in [1.29, 1.82) is 0 Å². The summed E-state index contributed by atoms with van der Waals surface area (Å²) in [6.07, 6.45) is 2.01. The number of pyridine rings is 1. The fourth-order valence-corrected chi connectivity index (χ4v) is 1.31. The van der Waals surface area contributed by atoms with Crippen LogP contribution < -0.4 is 5.32 Å². The summed E-state index contributed by atoms with van der Waals surface area (Å²) >= 11 is 0. The average Bonchev–Trinajstić information content (AvgIpc) is 2.29. The van der Waals surface area contributed by atoms with Crippen LogP contribution in [0.25, 0.3) is 0 Å². The first-order valence-electron chi connectivity index (χ1n) is 5.42. The molecular weight excluding hydrogens is 220 g/mol. The van der Waals surface area contributed by atoms with E-state index in [4.69, 9.17) is 5.11 Å². The smallest absolute Gasteiger partial charge is 0.329 e. The van der Waals surface area contributed by atoms with Crippen molar-refractivity contribution >= 4 is 11.9 Å². The average molecular weight is 236 g/mol. The first kappa shape index (κ1) is 13.2. The van der Waals surface area contributed by atoms with Crippen LogP contribution in [0.5, 0.6) is 0 Å². The predicted molar refractivity (Wildman–Crippen MR) is 62.4 cm³/mol. The summed E-state index contributed by atoms with van der Waals surface area (Å²) in [5.41, 5.74) is -0.597. The summed E-state index contributed by atoms with van der Waals surface area (Å²) in [6, 6.07) is 5.27. The van der Waals surface area contributed by atoms with Crippen molar-refractivity contribution in [3.8, 4) is 0 Å². The van der Waals surface area contributed by atoms with Gasteiger partial charge in [-0.15, -0.1) is 0 Å². The third-order valence-electron chi connectivity index (χ3n) is 2.66. The van der Waals surface area contributed by atoms with Gasteiger partial charge in [-0.05, 0) is 25.5 Å². The molecule has 0 fully saturated rings. The van der Waals surface area contributed by atoms with Crippen molar-refractivity contribution in [2.45, 2.75) is 32.2 Å². The number of carboxylic acids is 1. The van der Waals surface area contributed by atoms with Crippen LogP contribution in [0.4, 0.5) is 0 Å². The first-order chi connectivity index (χ1) is 7.98. The molecule has 2 N–H and O–H groups in total. The number of amides is 1. The number of carbonyl (C=O) groups is 2. The maximum Gasteiger partial charge on any atom is 0.329 e. The molecule has 0 saturated heterocycles. The minimum atomic E-state index is -1.22. The molecular formula is C12H16N2O3. The van der Waals surface area contributed by atoms with Gasteiger partial charge < -0.3 is 10.4 Å². The Bertz CT molecular complexity index is 405. The largest absolute Gasteiger partial charge is 0.480 e. The molecule has 1 aromatic rings. The van der Waals surface area contributed by atoms with Crippen molar-refractivity contribution < 1.29 is 14.7 Å². The number of carboxylic acid groups (broad SMARTS) is 1. The zero-order valence-electron chi connectivity index (χ0n) is 9.93. The lowest BCUT2D eigenvalue weighted by Crippen LogP contribution is -2.52. The van der Waals surface area contributed by atoms with E-state index in [1.165, 1.54) is 6.92 Å². The summed E-state index contributed by atoms with van der Waals surface area (Å²) in [6.45, 7) is 3.21. The second-order valence-corrected chi connectivity index (χ2v) is 4.04. The van der Waals surface area contributed by atoms with Crippen molar-refractivity contribution in [2.24, 2.45) is 0 Å². The van der Waals surface area contributed by atoms with Crippen LogP contribution in [0, 0.1) is 0 Å². The summed E-state index contributed by atoms with van der Waals surface area (Å²) in [4.78, 5) is 26.7. The van der Waals surface area contributed by atoms with E-state index in [1.807, 2.05) is 0 Å². The number of rotatable bonds is 5. The van der Waals surface area contributed by atoms with Crippen molar-refractivity contribution in [2.75, 3.05) is 0 Å². The fourth-order valence-electron chi connectivity index (χ4n) is 1.31. The van der Waals surface area contributed by atoms with E-state index in [0.717, 1.165) is 0 Å². The number of hydrogen-bond donors (Lipinski definition) is 2. The molecule has 0 aliphatic rings. The van der Waals surface area contributed by atoms with Gasteiger partial charge in [0, 0.05) is 11.9 Å². The highest BCUT2D eigenvalue weighted by atomic mass is 16.4. The van der Waals surface area contributed by atoms with Crippen LogP contribution >= 0.6 is 0 Å². The van der Waals surface area contributed by atoms with E-state index in [-0.39, 0.29) is 12.3 Å². The zero-order valence-corrected chi connectivity index (χ0v) is 9.93. The molecule has 1 atom stereocenters. The summed E-state index contributed by atoms with van der Waals surface area (Å²) in [7, 11) is 0. The molecule has 1 heterocycles. The Morgan fingerprint density at radius 3 is 2.65 bits per heavy atom. The molecule has 0 saturated carbocycles. The molecule has 5 heteroatoms. The van der Waals surface area contributed by atoms with Gasteiger partial charge in [0.25, 0.3) is 0 Å². The molecule has 0 radical (unpaired) electrons. The highest BCUT2D eigenvalue weighted by molar-refractivity contribution is 5.87. The number of carbonyl (C=O) groups excluding carboxylic acids is 1. The summed E-state index contributed by atoms with van der Waals surface area (Å²) in [5.74, 6) is -1.37. The van der Waals surface area contributed by atoms with Crippen molar-refractivity contribution in [3.63, 3.8) is 0 Å². The number of aliphatic carboxylic acids is 1. The molecule has 17 heavy (non-hydrogen) atoms. The molecule has 1 aromatic heterocycles. The third-order valence-corrected chi connectivity index (χ3v) is 2.66. The fraction of sp³-hybridized carbons (Fsp3) is 0.417. The number of aromatic nitrogens is 1. The molecule has 1 rings (SSSR count). The third kappa shape index (κ3) is 3.55. The maximum absolute atomic E-state index is 11.7. The molecule has 0 aliphatic carbocycles. The molecule has 0 aliphatic heterocycles. The van der Waals surface area contributed by atoms with Gasteiger partial charge in [0.15, 0.2) is 0 Å². The summed E-state index contributed by atoms with van der Waals surface area (Å²) in [5, 5.41) is 11.5. The minimum absolute atomic E-state index is 0.0870. The van der Waals surface area contributed by atoms with E-state index in [1.54, 1.807) is 31.3 Å². The Labute approximate surface area is 99.9 Å². The number of nitrogens with zero attached hydrogens (tertiary/aromatic N) is 1. The molecule has 92 valence electrons. The van der Waals surface area contributed by atoms with Crippen LogP contribution in [-0.2, 0) is 16.0 Å². The van der Waals surface area contributed by atoms with E-state index in [2.05, 4.69) is 10.3 Å². The van der Waals surface area contributed by atoms with Crippen LogP contribution in [0.15, 0.2) is 24.4 Å². The molecule has 0 bridgehead atoms. The van der Waals surface area contributed by atoms with Gasteiger partial charge in [0.2, 0.25) is 5.91 Å². The molecule has 1 amide bonds. The second-order valence-electron chi connectivity index (χ2n) is 4.04. The highest BCUT2D eigenvalue weighted by Gasteiger charge is 2.32. The quantitative estimate of drug-likeness (QED) is 0.799. The lowest BCUT2D eigenvalue weighted by Gasteiger charge is -2.24. The normalized spacial score (nSPS) is 13.8.